The Morgan fingerprint density at radius 2 is 1.85 bits per heavy atom. The SMILES string of the molecule is Cc1cc(OCc2ccc(C(=O)NN=C3CCCCC3)cc2)ccc1Cl. The van der Waals surface area contributed by atoms with E-state index >= 15 is 0 Å². The molecule has 0 unspecified atom stereocenters. The molecule has 136 valence electrons. The predicted octanol–water partition coefficient (Wildman–Crippen LogP) is 5.28. The van der Waals surface area contributed by atoms with Crippen LogP contribution in [-0.2, 0) is 6.61 Å². The van der Waals surface area contributed by atoms with Crippen molar-refractivity contribution in [3.05, 3.63) is 64.2 Å². The van der Waals surface area contributed by atoms with Gasteiger partial charge in [0.1, 0.15) is 12.4 Å². The highest BCUT2D eigenvalue weighted by atomic mass is 35.5. The van der Waals surface area contributed by atoms with Crippen molar-refractivity contribution in [1.29, 1.82) is 0 Å². The molecule has 5 heteroatoms. The Balaban J connectivity index is 1.54. The van der Waals surface area contributed by atoms with Gasteiger partial charge in [-0.05, 0) is 74.1 Å². The molecule has 26 heavy (non-hydrogen) atoms. The van der Waals surface area contributed by atoms with Crippen molar-refractivity contribution in [2.45, 2.75) is 45.6 Å². The van der Waals surface area contributed by atoms with E-state index in [0.29, 0.717) is 12.2 Å². The number of hydrogen-bond donors (Lipinski definition) is 1. The second-order valence-electron chi connectivity index (χ2n) is 6.58. The second-order valence-corrected chi connectivity index (χ2v) is 6.98. The molecule has 0 aromatic heterocycles. The van der Waals surface area contributed by atoms with Crippen molar-refractivity contribution in [3.63, 3.8) is 0 Å². The molecule has 0 bridgehead atoms. The number of rotatable bonds is 5. The summed E-state index contributed by atoms with van der Waals surface area (Å²) in [5.41, 5.74) is 6.32. The number of nitrogens with zero attached hydrogens (tertiary/aromatic N) is 1. The number of aryl methyl sites for hydroxylation is 1. The summed E-state index contributed by atoms with van der Waals surface area (Å²) in [5.74, 6) is 0.598. The van der Waals surface area contributed by atoms with Gasteiger partial charge in [-0.25, -0.2) is 5.43 Å². The highest BCUT2D eigenvalue weighted by Crippen LogP contribution is 2.22. The van der Waals surface area contributed by atoms with Gasteiger partial charge in [0.05, 0.1) is 0 Å². The molecule has 0 radical (unpaired) electrons. The lowest BCUT2D eigenvalue weighted by Crippen LogP contribution is -2.20. The van der Waals surface area contributed by atoms with Crippen LogP contribution in [0.15, 0.2) is 47.6 Å². The van der Waals surface area contributed by atoms with E-state index in [4.69, 9.17) is 16.3 Å². The first-order chi connectivity index (χ1) is 12.6. The van der Waals surface area contributed by atoms with Crippen LogP contribution in [0.2, 0.25) is 5.02 Å². The van der Waals surface area contributed by atoms with Crippen LogP contribution in [0, 0.1) is 6.92 Å². The standard InChI is InChI=1S/C21H23ClN2O2/c1-15-13-19(11-12-20(15)22)26-14-16-7-9-17(10-8-16)21(25)24-23-18-5-3-2-4-6-18/h7-13H,2-6,14H2,1H3,(H,24,25). The van der Waals surface area contributed by atoms with E-state index in [9.17, 15) is 4.79 Å². The third-order valence-corrected chi connectivity index (χ3v) is 4.92. The van der Waals surface area contributed by atoms with E-state index in [-0.39, 0.29) is 5.91 Å². The Morgan fingerprint density at radius 1 is 1.12 bits per heavy atom. The Morgan fingerprint density at radius 3 is 2.54 bits per heavy atom. The van der Waals surface area contributed by atoms with Crippen LogP contribution < -0.4 is 10.2 Å². The van der Waals surface area contributed by atoms with Gasteiger partial charge < -0.3 is 4.74 Å². The Hall–Kier alpha value is -2.33. The van der Waals surface area contributed by atoms with Crippen LogP contribution in [-0.4, -0.2) is 11.6 Å². The number of benzene rings is 2. The maximum atomic E-state index is 12.2. The summed E-state index contributed by atoms with van der Waals surface area (Å²) >= 11 is 6.02. The van der Waals surface area contributed by atoms with Crippen LogP contribution in [0.1, 0.15) is 53.6 Å². The highest BCUT2D eigenvalue weighted by Gasteiger charge is 2.09. The van der Waals surface area contributed by atoms with Gasteiger partial charge in [-0.1, -0.05) is 30.2 Å². The molecule has 4 nitrogen and oxygen atoms in total. The van der Waals surface area contributed by atoms with Gasteiger partial charge in [-0.15, -0.1) is 0 Å². The van der Waals surface area contributed by atoms with E-state index in [2.05, 4.69) is 10.5 Å². The van der Waals surface area contributed by atoms with Crippen LogP contribution in [0.5, 0.6) is 5.75 Å². The number of halogens is 1. The molecule has 0 aliphatic heterocycles. The van der Waals surface area contributed by atoms with Crippen LogP contribution in [0.3, 0.4) is 0 Å². The number of carbonyl (C=O) groups is 1. The van der Waals surface area contributed by atoms with E-state index in [1.807, 2.05) is 37.3 Å². The molecule has 0 atom stereocenters. The molecule has 1 N–H and O–H groups in total. The molecule has 1 aliphatic rings. The quantitative estimate of drug-likeness (QED) is 0.728. The molecule has 0 spiro atoms. The zero-order valence-electron chi connectivity index (χ0n) is 14.9. The van der Waals surface area contributed by atoms with Crippen LogP contribution >= 0.6 is 11.6 Å². The van der Waals surface area contributed by atoms with Gasteiger partial charge in [0, 0.05) is 16.3 Å². The normalized spacial score (nSPS) is 14.0. The number of carbonyl (C=O) groups excluding carboxylic acids is 1. The fraction of sp³-hybridized carbons (Fsp3) is 0.333. The topological polar surface area (TPSA) is 50.7 Å². The molecular formula is C21H23ClN2O2. The van der Waals surface area contributed by atoms with Crippen molar-refractivity contribution in [3.8, 4) is 5.75 Å². The molecular weight excluding hydrogens is 348 g/mol. The lowest BCUT2D eigenvalue weighted by Gasteiger charge is -2.12. The number of hydrazone groups is 1. The smallest absolute Gasteiger partial charge is 0.271 e. The third-order valence-electron chi connectivity index (χ3n) is 4.50. The molecule has 2 aromatic rings. The summed E-state index contributed by atoms with van der Waals surface area (Å²) in [6, 6.07) is 13.0. The number of amides is 1. The molecule has 0 saturated heterocycles. The third kappa shape index (κ3) is 5.09. The Bertz CT molecular complexity index is 792. The van der Waals surface area contributed by atoms with Gasteiger partial charge >= 0.3 is 0 Å². The monoisotopic (exact) mass is 370 g/mol. The second kappa shape index (κ2) is 8.86. The van der Waals surface area contributed by atoms with E-state index in [0.717, 1.165) is 53.3 Å². The maximum Gasteiger partial charge on any atom is 0.271 e. The van der Waals surface area contributed by atoms with E-state index in [1.54, 1.807) is 12.1 Å². The van der Waals surface area contributed by atoms with Gasteiger partial charge in [0.25, 0.3) is 5.91 Å². The minimum atomic E-state index is -0.177. The molecule has 3 rings (SSSR count). The van der Waals surface area contributed by atoms with Crippen molar-refractivity contribution in [1.82, 2.24) is 5.43 Å². The Kier molecular flexibility index (Phi) is 6.29. The minimum absolute atomic E-state index is 0.177. The summed E-state index contributed by atoms with van der Waals surface area (Å²) in [5, 5.41) is 4.98. The number of hydrogen-bond acceptors (Lipinski definition) is 3. The summed E-state index contributed by atoms with van der Waals surface area (Å²) in [6.07, 6.45) is 5.56. The summed E-state index contributed by atoms with van der Waals surface area (Å²) in [6.45, 7) is 2.38. The van der Waals surface area contributed by atoms with Crippen molar-refractivity contribution < 1.29 is 9.53 Å². The fourth-order valence-corrected chi connectivity index (χ4v) is 3.01. The first-order valence-corrected chi connectivity index (χ1v) is 9.33. The molecule has 0 heterocycles. The summed E-state index contributed by atoms with van der Waals surface area (Å²) < 4.78 is 5.77. The average Bonchev–Trinajstić information content (AvgIpc) is 2.68. The fourth-order valence-electron chi connectivity index (χ4n) is 2.89. The van der Waals surface area contributed by atoms with Crippen LogP contribution in [0.25, 0.3) is 0 Å². The van der Waals surface area contributed by atoms with Gasteiger partial charge in [-0.2, -0.15) is 5.10 Å². The van der Waals surface area contributed by atoms with E-state index in [1.165, 1.54) is 6.42 Å². The van der Waals surface area contributed by atoms with Gasteiger partial charge in [0.15, 0.2) is 0 Å². The molecule has 1 aliphatic carbocycles. The molecule has 1 amide bonds. The average molecular weight is 371 g/mol. The zero-order valence-corrected chi connectivity index (χ0v) is 15.7. The number of nitrogens with one attached hydrogen (secondary N) is 1. The number of ether oxygens (including phenoxy) is 1. The van der Waals surface area contributed by atoms with Gasteiger partial charge in [-0.3, -0.25) is 4.79 Å². The largest absolute Gasteiger partial charge is 0.489 e. The maximum absolute atomic E-state index is 12.2. The van der Waals surface area contributed by atoms with Crippen molar-refractivity contribution >= 4 is 23.2 Å². The Labute approximate surface area is 159 Å². The first-order valence-electron chi connectivity index (χ1n) is 8.95. The van der Waals surface area contributed by atoms with Crippen molar-refractivity contribution in [2.75, 3.05) is 0 Å². The summed E-state index contributed by atoms with van der Waals surface area (Å²) in [4.78, 5) is 12.2. The highest BCUT2D eigenvalue weighted by molar-refractivity contribution is 6.31. The van der Waals surface area contributed by atoms with E-state index < -0.39 is 0 Å². The van der Waals surface area contributed by atoms with Crippen molar-refractivity contribution in [2.24, 2.45) is 5.10 Å². The van der Waals surface area contributed by atoms with Crippen LogP contribution in [0.4, 0.5) is 0 Å². The lowest BCUT2D eigenvalue weighted by atomic mass is 9.99. The zero-order chi connectivity index (χ0) is 18.4. The molecule has 2 aromatic carbocycles. The van der Waals surface area contributed by atoms with Gasteiger partial charge in [0.2, 0.25) is 0 Å². The molecule has 1 saturated carbocycles. The first kappa shape index (κ1) is 18.5. The predicted molar refractivity (Wildman–Crippen MR) is 105 cm³/mol. The minimum Gasteiger partial charge on any atom is -0.489 e. The lowest BCUT2D eigenvalue weighted by molar-refractivity contribution is 0.0954. The summed E-state index contributed by atoms with van der Waals surface area (Å²) in [7, 11) is 0. The molecule has 1 fully saturated rings.